The number of pyridine rings is 1. The molecule has 20 heavy (non-hydrogen) atoms. The number of urea groups is 1. The van der Waals surface area contributed by atoms with E-state index in [2.05, 4.69) is 20.9 Å². The summed E-state index contributed by atoms with van der Waals surface area (Å²) < 4.78 is 0. The van der Waals surface area contributed by atoms with Crippen molar-refractivity contribution in [3.8, 4) is 0 Å². The van der Waals surface area contributed by atoms with Gasteiger partial charge in [0.1, 0.15) is 6.54 Å². The molecule has 0 bridgehead atoms. The van der Waals surface area contributed by atoms with Crippen LogP contribution in [0.3, 0.4) is 0 Å². The van der Waals surface area contributed by atoms with E-state index in [0.717, 1.165) is 5.69 Å². The summed E-state index contributed by atoms with van der Waals surface area (Å²) in [5, 5.41) is 15.4. The minimum absolute atomic E-state index is 0.275. The Morgan fingerprint density at radius 1 is 1.10 bits per heavy atom. The highest BCUT2D eigenvalue weighted by Crippen LogP contribution is 1.92. The van der Waals surface area contributed by atoms with Gasteiger partial charge in [-0.1, -0.05) is 6.07 Å². The van der Waals surface area contributed by atoms with E-state index >= 15 is 0 Å². The largest absolute Gasteiger partial charge is 0.480 e. The van der Waals surface area contributed by atoms with Gasteiger partial charge in [-0.25, -0.2) is 4.79 Å². The fraction of sp³-hybridized carbons (Fsp3) is 0.333. The SMILES string of the molecule is O=C(O)CNC(=O)CNC(=O)NCCc1ccccn1. The molecule has 108 valence electrons. The molecule has 0 aromatic carbocycles. The summed E-state index contributed by atoms with van der Waals surface area (Å²) in [5.41, 5.74) is 0.854. The summed E-state index contributed by atoms with van der Waals surface area (Å²) in [4.78, 5) is 36.8. The van der Waals surface area contributed by atoms with Crippen molar-refractivity contribution in [2.45, 2.75) is 6.42 Å². The molecule has 0 fully saturated rings. The number of rotatable bonds is 7. The molecular weight excluding hydrogens is 264 g/mol. The molecule has 3 amide bonds. The van der Waals surface area contributed by atoms with Crippen LogP contribution in [0.5, 0.6) is 0 Å². The van der Waals surface area contributed by atoms with E-state index in [9.17, 15) is 14.4 Å². The third kappa shape index (κ3) is 6.94. The number of carbonyl (C=O) groups excluding carboxylic acids is 2. The molecule has 0 aliphatic carbocycles. The number of hydrogen-bond acceptors (Lipinski definition) is 4. The summed E-state index contributed by atoms with van der Waals surface area (Å²) in [6, 6.07) is 5.01. The lowest BCUT2D eigenvalue weighted by Gasteiger charge is -2.07. The number of carbonyl (C=O) groups is 3. The van der Waals surface area contributed by atoms with Crippen LogP contribution in [-0.2, 0) is 16.0 Å². The van der Waals surface area contributed by atoms with Crippen LogP contribution in [0.15, 0.2) is 24.4 Å². The number of nitrogens with one attached hydrogen (secondary N) is 3. The lowest BCUT2D eigenvalue weighted by Crippen LogP contribution is -2.43. The Kier molecular flexibility index (Phi) is 6.52. The zero-order valence-corrected chi connectivity index (χ0v) is 10.8. The van der Waals surface area contributed by atoms with E-state index in [-0.39, 0.29) is 6.54 Å². The van der Waals surface area contributed by atoms with Crippen LogP contribution >= 0.6 is 0 Å². The second kappa shape index (κ2) is 8.46. The lowest BCUT2D eigenvalue weighted by molar-refractivity contribution is -0.137. The second-order valence-electron chi connectivity index (χ2n) is 3.85. The molecule has 1 heterocycles. The zero-order valence-electron chi connectivity index (χ0n) is 10.8. The molecule has 0 saturated carbocycles. The first-order valence-corrected chi connectivity index (χ1v) is 5.98. The predicted octanol–water partition coefficient (Wildman–Crippen LogP) is -0.876. The van der Waals surface area contributed by atoms with E-state index in [1.807, 2.05) is 12.1 Å². The number of hydrogen-bond donors (Lipinski definition) is 4. The highest BCUT2D eigenvalue weighted by Gasteiger charge is 2.06. The summed E-state index contributed by atoms with van der Waals surface area (Å²) in [6.07, 6.45) is 2.25. The summed E-state index contributed by atoms with van der Waals surface area (Å²) in [5.74, 6) is -1.70. The van der Waals surface area contributed by atoms with E-state index < -0.39 is 24.5 Å². The number of carboxylic acid groups (broad SMARTS) is 1. The number of aliphatic carboxylic acids is 1. The number of amides is 3. The molecule has 0 radical (unpaired) electrons. The summed E-state index contributed by atoms with van der Waals surface area (Å²) in [7, 11) is 0. The van der Waals surface area contributed by atoms with E-state index in [1.54, 1.807) is 12.3 Å². The second-order valence-corrected chi connectivity index (χ2v) is 3.85. The van der Waals surface area contributed by atoms with Crippen molar-refractivity contribution in [1.29, 1.82) is 0 Å². The van der Waals surface area contributed by atoms with Crippen LogP contribution in [0.2, 0.25) is 0 Å². The van der Waals surface area contributed by atoms with Gasteiger partial charge in [0.25, 0.3) is 0 Å². The maximum absolute atomic E-state index is 11.3. The van der Waals surface area contributed by atoms with Crippen molar-refractivity contribution in [2.24, 2.45) is 0 Å². The molecule has 0 atom stereocenters. The monoisotopic (exact) mass is 280 g/mol. The Bertz CT molecular complexity index is 464. The van der Waals surface area contributed by atoms with Crippen molar-refractivity contribution in [2.75, 3.05) is 19.6 Å². The average Bonchev–Trinajstić information content (AvgIpc) is 2.44. The van der Waals surface area contributed by atoms with Gasteiger partial charge in [0.2, 0.25) is 5.91 Å². The lowest BCUT2D eigenvalue weighted by atomic mass is 10.3. The van der Waals surface area contributed by atoms with E-state index in [1.165, 1.54) is 0 Å². The first-order chi connectivity index (χ1) is 9.58. The molecule has 1 rings (SSSR count). The maximum Gasteiger partial charge on any atom is 0.322 e. The zero-order chi connectivity index (χ0) is 14.8. The Morgan fingerprint density at radius 2 is 1.90 bits per heavy atom. The number of carboxylic acids is 1. The molecule has 0 unspecified atom stereocenters. The van der Waals surface area contributed by atoms with Crippen molar-refractivity contribution in [3.05, 3.63) is 30.1 Å². The minimum atomic E-state index is -1.14. The first kappa shape index (κ1) is 15.4. The normalized spacial score (nSPS) is 9.60. The summed E-state index contributed by atoms with van der Waals surface area (Å²) in [6.45, 7) is -0.357. The Morgan fingerprint density at radius 3 is 2.55 bits per heavy atom. The van der Waals surface area contributed by atoms with Gasteiger partial charge in [-0.05, 0) is 12.1 Å². The van der Waals surface area contributed by atoms with Crippen molar-refractivity contribution < 1.29 is 19.5 Å². The van der Waals surface area contributed by atoms with Gasteiger partial charge in [0.05, 0.1) is 6.54 Å². The predicted molar refractivity (Wildman–Crippen MR) is 70.0 cm³/mol. The average molecular weight is 280 g/mol. The standard InChI is InChI=1S/C12H16N4O4/c17-10(15-8-11(18)19)7-16-12(20)14-6-4-9-3-1-2-5-13-9/h1-3,5H,4,6-8H2,(H,15,17)(H,18,19)(H2,14,16,20). The van der Waals surface area contributed by atoms with E-state index in [0.29, 0.717) is 13.0 Å². The molecule has 8 nitrogen and oxygen atoms in total. The van der Waals surface area contributed by atoms with Gasteiger partial charge in [0, 0.05) is 24.9 Å². The third-order valence-electron chi connectivity index (χ3n) is 2.24. The molecule has 0 aliphatic heterocycles. The topological polar surface area (TPSA) is 120 Å². The number of nitrogens with zero attached hydrogens (tertiary/aromatic N) is 1. The van der Waals surface area contributed by atoms with Crippen molar-refractivity contribution in [1.82, 2.24) is 20.9 Å². The van der Waals surface area contributed by atoms with Gasteiger partial charge in [-0.2, -0.15) is 0 Å². The fourth-order valence-electron chi connectivity index (χ4n) is 1.31. The number of aromatic nitrogens is 1. The van der Waals surface area contributed by atoms with Crippen LogP contribution in [0, 0.1) is 0 Å². The quantitative estimate of drug-likeness (QED) is 0.517. The minimum Gasteiger partial charge on any atom is -0.480 e. The Balaban J connectivity index is 2.11. The molecule has 1 aromatic heterocycles. The molecule has 0 spiro atoms. The van der Waals surface area contributed by atoms with Gasteiger partial charge in [-0.15, -0.1) is 0 Å². The first-order valence-electron chi connectivity index (χ1n) is 5.98. The highest BCUT2D eigenvalue weighted by molar-refractivity contribution is 5.86. The third-order valence-corrected chi connectivity index (χ3v) is 2.24. The van der Waals surface area contributed by atoms with Crippen molar-refractivity contribution >= 4 is 17.9 Å². The van der Waals surface area contributed by atoms with Gasteiger partial charge >= 0.3 is 12.0 Å². The van der Waals surface area contributed by atoms with Crippen LogP contribution in [-0.4, -0.2) is 47.6 Å². The van der Waals surface area contributed by atoms with Gasteiger partial charge in [0.15, 0.2) is 0 Å². The molecule has 8 heteroatoms. The molecule has 0 aliphatic rings. The smallest absolute Gasteiger partial charge is 0.322 e. The fourth-order valence-corrected chi connectivity index (χ4v) is 1.31. The molecule has 0 saturated heterocycles. The van der Waals surface area contributed by atoms with E-state index in [4.69, 9.17) is 5.11 Å². The molecule has 4 N–H and O–H groups in total. The molecule has 1 aromatic rings. The van der Waals surface area contributed by atoms with Crippen LogP contribution in [0.4, 0.5) is 4.79 Å². The Labute approximate surface area is 115 Å². The summed E-state index contributed by atoms with van der Waals surface area (Å²) >= 11 is 0. The van der Waals surface area contributed by atoms with Gasteiger partial charge in [-0.3, -0.25) is 14.6 Å². The van der Waals surface area contributed by atoms with Crippen LogP contribution < -0.4 is 16.0 Å². The van der Waals surface area contributed by atoms with Crippen LogP contribution in [0.1, 0.15) is 5.69 Å². The molecular formula is C12H16N4O4. The van der Waals surface area contributed by atoms with Crippen molar-refractivity contribution in [3.63, 3.8) is 0 Å². The maximum atomic E-state index is 11.3. The van der Waals surface area contributed by atoms with Gasteiger partial charge < -0.3 is 21.1 Å². The Hall–Kier alpha value is -2.64. The highest BCUT2D eigenvalue weighted by atomic mass is 16.4. The van der Waals surface area contributed by atoms with Crippen LogP contribution in [0.25, 0.3) is 0 Å².